The largest absolute Gasteiger partial charge is 0.465 e. The van der Waals surface area contributed by atoms with E-state index in [0.29, 0.717) is 33.8 Å². The van der Waals surface area contributed by atoms with Crippen LogP contribution in [0.1, 0.15) is 21.8 Å². The van der Waals surface area contributed by atoms with Crippen LogP contribution < -0.4 is 5.32 Å². The Morgan fingerprint density at radius 3 is 2.50 bits per heavy atom. The number of halogens is 1. The molecule has 0 spiro atoms. The topological polar surface area (TPSA) is 94.3 Å². The first-order valence-electron chi connectivity index (χ1n) is 8.21. The Bertz CT molecular complexity index is 958. The Morgan fingerprint density at radius 1 is 1.11 bits per heavy atom. The van der Waals surface area contributed by atoms with Crippen molar-refractivity contribution in [2.75, 3.05) is 18.2 Å². The summed E-state index contributed by atoms with van der Waals surface area (Å²) in [7, 11) is 1.31. The maximum atomic E-state index is 12.1. The standard InChI is InChI=1S/C19H16ClN3O4S/c1-26-18(25)13-4-8-15(9-5-13)21-16(24)11-28-19-23-22-17(27-19)10-12-2-6-14(20)7-3-12/h2-9H,10-11H2,1H3,(H,21,24). The normalized spacial score (nSPS) is 10.5. The Morgan fingerprint density at radius 2 is 1.82 bits per heavy atom. The fraction of sp³-hybridized carbons (Fsp3) is 0.158. The van der Waals surface area contributed by atoms with Crippen molar-refractivity contribution in [3.05, 3.63) is 70.6 Å². The van der Waals surface area contributed by atoms with Crippen LogP contribution in [0, 0.1) is 0 Å². The molecule has 0 bridgehead atoms. The van der Waals surface area contributed by atoms with E-state index in [1.165, 1.54) is 7.11 Å². The van der Waals surface area contributed by atoms with Gasteiger partial charge >= 0.3 is 5.97 Å². The minimum Gasteiger partial charge on any atom is -0.465 e. The summed E-state index contributed by atoms with van der Waals surface area (Å²) < 4.78 is 10.2. The van der Waals surface area contributed by atoms with Crippen molar-refractivity contribution in [3.63, 3.8) is 0 Å². The predicted molar refractivity (Wildman–Crippen MR) is 106 cm³/mol. The highest BCUT2D eigenvalue weighted by atomic mass is 35.5. The molecular formula is C19H16ClN3O4S. The third kappa shape index (κ3) is 5.58. The number of rotatable bonds is 7. The van der Waals surface area contributed by atoms with Gasteiger partial charge in [0.1, 0.15) is 0 Å². The number of hydrogen-bond acceptors (Lipinski definition) is 7. The third-order valence-electron chi connectivity index (χ3n) is 3.63. The number of aromatic nitrogens is 2. The molecule has 1 N–H and O–H groups in total. The van der Waals surface area contributed by atoms with Crippen LogP contribution in [0.4, 0.5) is 5.69 Å². The zero-order chi connectivity index (χ0) is 19.9. The number of ether oxygens (including phenoxy) is 1. The van der Waals surface area contributed by atoms with Crippen LogP contribution in [0.2, 0.25) is 5.02 Å². The molecule has 0 aliphatic carbocycles. The first-order chi connectivity index (χ1) is 13.5. The molecule has 0 fully saturated rings. The van der Waals surface area contributed by atoms with Crippen molar-refractivity contribution >= 4 is 40.9 Å². The molecule has 1 aromatic heterocycles. The van der Waals surface area contributed by atoms with E-state index in [1.807, 2.05) is 12.1 Å². The molecule has 0 saturated carbocycles. The number of nitrogens with one attached hydrogen (secondary N) is 1. The van der Waals surface area contributed by atoms with Gasteiger partial charge in [-0.1, -0.05) is 35.5 Å². The summed E-state index contributed by atoms with van der Waals surface area (Å²) in [6.07, 6.45) is 0.490. The second-order valence-electron chi connectivity index (χ2n) is 5.67. The van der Waals surface area contributed by atoms with Gasteiger partial charge in [0.2, 0.25) is 11.8 Å². The molecule has 0 aliphatic heterocycles. The van der Waals surface area contributed by atoms with Gasteiger partial charge in [0.25, 0.3) is 5.22 Å². The van der Waals surface area contributed by atoms with Gasteiger partial charge in [0, 0.05) is 10.7 Å². The van der Waals surface area contributed by atoms with Crippen molar-refractivity contribution in [1.29, 1.82) is 0 Å². The number of carbonyl (C=O) groups is 2. The smallest absolute Gasteiger partial charge is 0.337 e. The SMILES string of the molecule is COC(=O)c1ccc(NC(=O)CSc2nnc(Cc3ccc(Cl)cc3)o2)cc1. The molecule has 144 valence electrons. The van der Waals surface area contributed by atoms with Gasteiger partial charge in [0.15, 0.2) is 0 Å². The van der Waals surface area contributed by atoms with Crippen LogP contribution in [-0.2, 0) is 16.0 Å². The summed E-state index contributed by atoms with van der Waals surface area (Å²) in [6.45, 7) is 0. The Labute approximate surface area is 170 Å². The minimum atomic E-state index is -0.431. The average molecular weight is 418 g/mol. The molecule has 0 radical (unpaired) electrons. The van der Waals surface area contributed by atoms with Gasteiger partial charge in [-0.05, 0) is 42.0 Å². The summed E-state index contributed by atoms with van der Waals surface area (Å²) in [5.41, 5.74) is 1.99. The number of nitrogens with zero attached hydrogens (tertiary/aromatic N) is 2. The van der Waals surface area contributed by atoms with Crippen LogP contribution >= 0.6 is 23.4 Å². The van der Waals surface area contributed by atoms with E-state index >= 15 is 0 Å². The molecule has 0 saturated heterocycles. The van der Waals surface area contributed by atoms with E-state index in [-0.39, 0.29) is 11.7 Å². The summed E-state index contributed by atoms with van der Waals surface area (Å²) in [4.78, 5) is 23.5. The fourth-order valence-electron chi connectivity index (χ4n) is 2.28. The van der Waals surface area contributed by atoms with Crippen LogP contribution in [-0.4, -0.2) is 34.9 Å². The molecule has 0 unspecified atom stereocenters. The summed E-state index contributed by atoms with van der Waals surface area (Å²) >= 11 is 7.01. The first kappa shape index (κ1) is 19.9. The zero-order valence-corrected chi connectivity index (χ0v) is 16.4. The van der Waals surface area contributed by atoms with Crippen LogP contribution in [0.25, 0.3) is 0 Å². The maximum absolute atomic E-state index is 12.1. The molecule has 9 heteroatoms. The summed E-state index contributed by atoms with van der Waals surface area (Å²) in [6, 6.07) is 13.8. The molecule has 3 rings (SSSR count). The third-order valence-corrected chi connectivity index (χ3v) is 4.70. The second-order valence-corrected chi connectivity index (χ2v) is 7.03. The monoisotopic (exact) mass is 417 g/mol. The van der Waals surface area contributed by atoms with Crippen molar-refractivity contribution < 1.29 is 18.7 Å². The molecule has 28 heavy (non-hydrogen) atoms. The minimum absolute atomic E-state index is 0.112. The van der Waals surface area contributed by atoms with Crippen LogP contribution in [0.15, 0.2) is 58.2 Å². The lowest BCUT2D eigenvalue weighted by Crippen LogP contribution is -2.14. The lowest BCUT2D eigenvalue weighted by atomic mass is 10.1. The highest BCUT2D eigenvalue weighted by Gasteiger charge is 2.11. The predicted octanol–water partition coefficient (Wildman–Crippen LogP) is 3.83. The summed E-state index contributed by atoms with van der Waals surface area (Å²) in [5.74, 6) is -0.0856. The van der Waals surface area contributed by atoms with Gasteiger partial charge in [-0.2, -0.15) is 0 Å². The Hall–Kier alpha value is -2.84. The molecule has 3 aromatic rings. The van der Waals surface area contributed by atoms with Crippen molar-refractivity contribution in [1.82, 2.24) is 10.2 Å². The molecule has 7 nitrogen and oxygen atoms in total. The van der Waals surface area contributed by atoms with E-state index in [2.05, 4.69) is 20.3 Å². The van der Waals surface area contributed by atoms with Gasteiger partial charge in [0.05, 0.1) is 24.8 Å². The van der Waals surface area contributed by atoms with Gasteiger partial charge in [-0.25, -0.2) is 4.79 Å². The summed E-state index contributed by atoms with van der Waals surface area (Å²) in [5, 5.41) is 11.6. The maximum Gasteiger partial charge on any atom is 0.337 e. The van der Waals surface area contributed by atoms with Gasteiger partial charge < -0.3 is 14.5 Å². The van der Waals surface area contributed by atoms with Crippen molar-refractivity contribution in [3.8, 4) is 0 Å². The molecule has 1 amide bonds. The Kier molecular flexibility index (Phi) is 6.67. The number of benzene rings is 2. The number of esters is 1. The van der Waals surface area contributed by atoms with Crippen LogP contribution in [0.3, 0.4) is 0 Å². The van der Waals surface area contributed by atoms with E-state index < -0.39 is 5.97 Å². The lowest BCUT2D eigenvalue weighted by molar-refractivity contribution is -0.113. The van der Waals surface area contributed by atoms with Gasteiger partial charge in [-0.3, -0.25) is 4.79 Å². The highest BCUT2D eigenvalue weighted by molar-refractivity contribution is 7.99. The second kappa shape index (κ2) is 9.38. The van der Waals surface area contributed by atoms with Crippen molar-refractivity contribution in [2.24, 2.45) is 0 Å². The number of hydrogen-bond donors (Lipinski definition) is 1. The zero-order valence-electron chi connectivity index (χ0n) is 14.8. The number of thioether (sulfide) groups is 1. The Balaban J connectivity index is 1.49. The van der Waals surface area contributed by atoms with E-state index in [4.69, 9.17) is 16.0 Å². The molecular weight excluding hydrogens is 402 g/mol. The fourth-order valence-corrected chi connectivity index (χ4v) is 2.98. The molecule has 0 atom stereocenters. The average Bonchev–Trinajstić information content (AvgIpc) is 3.15. The van der Waals surface area contributed by atoms with Crippen molar-refractivity contribution in [2.45, 2.75) is 11.6 Å². The van der Waals surface area contributed by atoms with E-state index in [0.717, 1.165) is 17.3 Å². The van der Waals surface area contributed by atoms with E-state index in [1.54, 1.807) is 36.4 Å². The van der Waals surface area contributed by atoms with Gasteiger partial charge in [-0.15, -0.1) is 10.2 Å². The number of amides is 1. The number of methoxy groups -OCH3 is 1. The van der Waals surface area contributed by atoms with Crippen LogP contribution in [0.5, 0.6) is 0 Å². The van der Waals surface area contributed by atoms with E-state index in [9.17, 15) is 9.59 Å². The number of anilines is 1. The highest BCUT2D eigenvalue weighted by Crippen LogP contribution is 2.19. The molecule has 0 aliphatic rings. The first-order valence-corrected chi connectivity index (χ1v) is 9.57. The lowest BCUT2D eigenvalue weighted by Gasteiger charge is -2.05. The quantitative estimate of drug-likeness (QED) is 0.461. The molecule has 1 heterocycles. The number of carbonyl (C=O) groups excluding carboxylic acids is 2. The molecule has 2 aromatic carbocycles.